The Balaban J connectivity index is 1.61. The maximum atomic E-state index is 14.0. The molecule has 116 valence electrons. The van der Waals surface area contributed by atoms with Crippen molar-refractivity contribution in [1.82, 2.24) is 15.3 Å². The summed E-state index contributed by atoms with van der Waals surface area (Å²) in [4.78, 5) is 10.4. The molecule has 5 heteroatoms. The first kappa shape index (κ1) is 14.9. The molecule has 1 fully saturated rings. The van der Waals surface area contributed by atoms with Crippen LogP contribution in [0.4, 0.5) is 10.1 Å². The molecule has 0 spiro atoms. The van der Waals surface area contributed by atoms with Gasteiger partial charge in [-0.25, -0.2) is 4.39 Å². The van der Waals surface area contributed by atoms with Gasteiger partial charge in [0.15, 0.2) is 0 Å². The third-order valence-corrected chi connectivity index (χ3v) is 3.97. The van der Waals surface area contributed by atoms with E-state index in [1.165, 1.54) is 5.56 Å². The van der Waals surface area contributed by atoms with Gasteiger partial charge in [-0.3, -0.25) is 9.97 Å². The van der Waals surface area contributed by atoms with E-state index in [4.69, 9.17) is 0 Å². The molecule has 2 atom stereocenters. The van der Waals surface area contributed by atoms with Gasteiger partial charge in [-0.15, -0.1) is 0 Å². The van der Waals surface area contributed by atoms with Gasteiger partial charge in [0.2, 0.25) is 0 Å². The summed E-state index contributed by atoms with van der Waals surface area (Å²) in [6, 6.07) is 8.06. The van der Waals surface area contributed by atoms with E-state index >= 15 is 0 Å². The largest absolute Gasteiger partial charge is 0.366 e. The maximum Gasteiger partial charge on any atom is 0.119 e. The van der Waals surface area contributed by atoms with Crippen molar-refractivity contribution < 1.29 is 4.39 Å². The fourth-order valence-corrected chi connectivity index (χ4v) is 2.91. The molecule has 2 aromatic rings. The molecule has 3 rings (SSSR count). The lowest BCUT2D eigenvalue weighted by atomic mass is 10.0. The Bertz CT molecular complexity index is 605. The van der Waals surface area contributed by atoms with E-state index in [-0.39, 0.29) is 6.04 Å². The molecule has 4 nitrogen and oxygen atoms in total. The van der Waals surface area contributed by atoms with Crippen molar-refractivity contribution in [1.29, 1.82) is 0 Å². The molecule has 0 bridgehead atoms. The van der Waals surface area contributed by atoms with Crippen molar-refractivity contribution >= 4 is 5.69 Å². The van der Waals surface area contributed by atoms with E-state index in [9.17, 15) is 4.39 Å². The van der Waals surface area contributed by atoms with Gasteiger partial charge in [-0.05, 0) is 43.2 Å². The minimum Gasteiger partial charge on any atom is -0.366 e. The highest BCUT2D eigenvalue weighted by atomic mass is 19.1. The Morgan fingerprint density at radius 2 is 2.23 bits per heavy atom. The number of hydrogen-bond acceptors (Lipinski definition) is 4. The predicted molar refractivity (Wildman–Crippen MR) is 85.6 cm³/mol. The molecule has 1 saturated heterocycles. The molecule has 0 aliphatic carbocycles. The summed E-state index contributed by atoms with van der Waals surface area (Å²) >= 11 is 0. The van der Waals surface area contributed by atoms with Crippen molar-refractivity contribution in [2.24, 2.45) is 0 Å². The van der Waals surface area contributed by atoms with Crippen molar-refractivity contribution in [3.63, 3.8) is 0 Å². The minimum absolute atomic E-state index is 0.137. The van der Waals surface area contributed by atoms with Crippen molar-refractivity contribution in [2.75, 3.05) is 18.0 Å². The number of nitrogens with one attached hydrogen (secondary N) is 1. The van der Waals surface area contributed by atoms with Gasteiger partial charge in [0.25, 0.3) is 0 Å². The SMILES string of the molecule is Cc1cc(CN[C@H]2C[C@H](F)CN(c3cccnc3)C2)ccn1. The van der Waals surface area contributed by atoms with Gasteiger partial charge in [0.1, 0.15) is 6.17 Å². The summed E-state index contributed by atoms with van der Waals surface area (Å²) in [5.41, 5.74) is 3.17. The smallest absolute Gasteiger partial charge is 0.119 e. The fraction of sp³-hybridized carbons (Fsp3) is 0.412. The zero-order chi connectivity index (χ0) is 15.4. The van der Waals surface area contributed by atoms with Crippen LogP contribution in [-0.2, 0) is 6.54 Å². The number of piperidine rings is 1. The Morgan fingerprint density at radius 3 is 3.00 bits per heavy atom. The second-order valence-corrected chi connectivity index (χ2v) is 5.83. The number of aryl methyl sites for hydroxylation is 1. The Labute approximate surface area is 130 Å². The third-order valence-electron chi connectivity index (χ3n) is 3.97. The summed E-state index contributed by atoms with van der Waals surface area (Å²) in [5.74, 6) is 0. The lowest BCUT2D eigenvalue weighted by molar-refractivity contribution is 0.248. The van der Waals surface area contributed by atoms with E-state index < -0.39 is 6.17 Å². The number of hydrogen-bond donors (Lipinski definition) is 1. The first-order valence-electron chi connectivity index (χ1n) is 7.64. The van der Waals surface area contributed by atoms with Crippen LogP contribution in [-0.4, -0.2) is 35.3 Å². The molecule has 0 unspecified atom stereocenters. The van der Waals surface area contributed by atoms with E-state index in [1.807, 2.05) is 31.3 Å². The number of halogens is 1. The molecule has 2 aromatic heterocycles. The second kappa shape index (κ2) is 6.83. The second-order valence-electron chi connectivity index (χ2n) is 5.83. The Kier molecular flexibility index (Phi) is 4.63. The third kappa shape index (κ3) is 3.80. The van der Waals surface area contributed by atoms with E-state index in [1.54, 1.807) is 12.4 Å². The van der Waals surface area contributed by atoms with Crippen LogP contribution in [0.15, 0.2) is 42.9 Å². The molecule has 22 heavy (non-hydrogen) atoms. The molecule has 0 aromatic carbocycles. The summed E-state index contributed by atoms with van der Waals surface area (Å²) in [5, 5.41) is 3.47. The van der Waals surface area contributed by atoms with Gasteiger partial charge < -0.3 is 10.2 Å². The highest BCUT2D eigenvalue weighted by Crippen LogP contribution is 2.21. The number of nitrogens with zero attached hydrogens (tertiary/aromatic N) is 3. The standard InChI is InChI=1S/C17H21FN4/c1-13-7-14(4-6-20-13)9-21-16-8-15(18)11-22(12-16)17-3-2-5-19-10-17/h2-7,10,15-16,21H,8-9,11-12H2,1H3/t15-,16-/m0/s1. The van der Waals surface area contributed by atoms with Crippen LogP contribution < -0.4 is 10.2 Å². The molecule has 0 amide bonds. The predicted octanol–water partition coefficient (Wildman–Crippen LogP) is 2.49. The number of rotatable bonds is 4. The summed E-state index contributed by atoms with van der Waals surface area (Å²) in [7, 11) is 0. The molecular formula is C17H21FN4. The van der Waals surface area contributed by atoms with Crippen LogP contribution in [0, 0.1) is 6.92 Å². The fourth-order valence-electron chi connectivity index (χ4n) is 2.91. The number of alkyl halides is 1. The number of pyridine rings is 2. The van der Waals surface area contributed by atoms with Crippen molar-refractivity contribution in [3.8, 4) is 0 Å². The molecule has 1 aliphatic heterocycles. The number of anilines is 1. The highest BCUT2D eigenvalue weighted by Gasteiger charge is 2.27. The van der Waals surface area contributed by atoms with Gasteiger partial charge in [0.05, 0.1) is 11.9 Å². The summed E-state index contributed by atoms with van der Waals surface area (Å²) in [6.45, 7) is 3.96. The Morgan fingerprint density at radius 1 is 1.32 bits per heavy atom. The van der Waals surface area contributed by atoms with Crippen LogP contribution in [0.1, 0.15) is 17.7 Å². The van der Waals surface area contributed by atoms with Gasteiger partial charge >= 0.3 is 0 Å². The zero-order valence-electron chi connectivity index (χ0n) is 12.7. The molecule has 0 saturated carbocycles. The highest BCUT2D eigenvalue weighted by molar-refractivity contribution is 5.44. The lowest BCUT2D eigenvalue weighted by Gasteiger charge is -2.36. The number of aromatic nitrogens is 2. The summed E-state index contributed by atoms with van der Waals surface area (Å²) in [6.07, 6.45) is 5.09. The first-order chi connectivity index (χ1) is 10.7. The normalized spacial score (nSPS) is 21.8. The minimum atomic E-state index is -0.814. The first-order valence-corrected chi connectivity index (χ1v) is 7.64. The van der Waals surface area contributed by atoms with E-state index in [0.717, 1.165) is 24.5 Å². The van der Waals surface area contributed by atoms with Crippen LogP contribution in [0.25, 0.3) is 0 Å². The zero-order valence-corrected chi connectivity index (χ0v) is 12.7. The van der Waals surface area contributed by atoms with Gasteiger partial charge in [0, 0.05) is 43.8 Å². The van der Waals surface area contributed by atoms with E-state index in [0.29, 0.717) is 13.0 Å². The lowest BCUT2D eigenvalue weighted by Crippen LogP contribution is -2.50. The molecule has 3 heterocycles. The molecule has 1 N–H and O–H groups in total. The maximum absolute atomic E-state index is 14.0. The average Bonchev–Trinajstić information content (AvgIpc) is 2.53. The molecule has 0 radical (unpaired) electrons. The van der Waals surface area contributed by atoms with Gasteiger partial charge in [-0.2, -0.15) is 0 Å². The van der Waals surface area contributed by atoms with E-state index in [2.05, 4.69) is 26.3 Å². The Hall–Kier alpha value is -2.01. The van der Waals surface area contributed by atoms with Crippen LogP contribution in [0.3, 0.4) is 0 Å². The van der Waals surface area contributed by atoms with Crippen LogP contribution in [0.2, 0.25) is 0 Å². The van der Waals surface area contributed by atoms with Gasteiger partial charge in [-0.1, -0.05) is 0 Å². The summed E-state index contributed by atoms with van der Waals surface area (Å²) < 4.78 is 14.0. The van der Waals surface area contributed by atoms with Crippen molar-refractivity contribution in [2.45, 2.75) is 32.1 Å². The topological polar surface area (TPSA) is 41.0 Å². The average molecular weight is 300 g/mol. The van der Waals surface area contributed by atoms with Crippen LogP contribution >= 0.6 is 0 Å². The molecular weight excluding hydrogens is 279 g/mol. The quantitative estimate of drug-likeness (QED) is 0.942. The molecule has 1 aliphatic rings. The monoisotopic (exact) mass is 300 g/mol. The van der Waals surface area contributed by atoms with Crippen molar-refractivity contribution in [3.05, 3.63) is 54.1 Å². The van der Waals surface area contributed by atoms with Crippen LogP contribution in [0.5, 0.6) is 0 Å².